The first-order valence-electron chi connectivity index (χ1n) is 8.15. The maximum atomic E-state index is 13.0. The lowest BCUT2D eigenvalue weighted by atomic mass is 10.1. The predicted octanol–water partition coefficient (Wildman–Crippen LogP) is 1.73. The number of carbonyl (C=O) groups excluding carboxylic acids is 1. The van der Waals surface area contributed by atoms with Gasteiger partial charge in [0, 0.05) is 37.3 Å². The quantitative estimate of drug-likeness (QED) is 0.858. The largest absolute Gasteiger partial charge is 0.497 e. The van der Waals surface area contributed by atoms with E-state index in [1.807, 2.05) is 46.1 Å². The van der Waals surface area contributed by atoms with Gasteiger partial charge in [0.2, 0.25) is 0 Å². The molecule has 0 spiro atoms. The van der Waals surface area contributed by atoms with Crippen molar-refractivity contribution in [2.24, 2.45) is 5.92 Å². The zero-order valence-electron chi connectivity index (χ0n) is 14.5. The van der Waals surface area contributed by atoms with Crippen molar-refractivity contribution in [2.75, 3.05) is 34.3 Å². The minimum Gasteiger partial charge on any atom is -0.497 e. The van der Waals surface area contributed by atoms with Gasteiger partial charge in [-0.25, -0.2) is 0 Å². The average Bonchev–Trinajstić information content (AvgIpc) is 2.92. The van der Waals surface area contributed by atoms with Gasteiger partial charge in [-0.3, -0.25) is 9.48 Å². The summed E-state index contributed by atoms with van der Waals surface area (Å²) in [7, 11) is 5.74. The molecule has 24 heavy (non-hydrogen) atoms. The van der Waals surface area contributed by atoms with Gasteiger partial charge in [0.05, 0.1) is 19.3 Å². The van der Waals surface area contributed by atoms with Crippen LogP contribution in [0.5, 0.6) is 5.75 Å². The molecule has 1 unspecified atom stereocenters. The normalized spacial score (nSPS) is 17.5. The molecule has 128 valence electrons. The number of hydrogen-bond donors (Lipinski definition) is 0. The fourth-order valence-corrected chi connectivity index (χ4v) is 3.24. The van der Waals surface area contributed by atoms with Crippen LogP contribution < -0.4 is 4.74 Å². The van der Waals surface area contributed by atoms with Crippen LogP contribution in [0, 0.1) is 5.92 Å². The number of nitrogens with zero attached hydrogens (tertiary/aromatic N) is 4. The van der Waals surface area contributed by atoms with Crippen molar-refractivity contribution < 1.29 is 9.53 Å². The topological polar surface area (TPSA) is 50.6 Å². The van der Waals surface area contributed by atoms with Crippen molar-refractivity contribution in [3.8, 4) is 5.75 Å². The molecular formula is C18H24N4O2. The van der Waals surface area contributed by atoms with E-state index in [-0.39, 0.29) is 5.91 Å². The number of fused-ring (bicyclic) bond motifs is 1. The smallest absolute Gasteiger partial charge is 0.254 e. The molecule has 0 N–H and O–H groups in total. The molecule has 2 heterocycles. The number of aromatic nitrogens is 2. The maximum absolute atomic E-state index is 13.0. The van der Waals surface area contributed by atoms with Gasteiger partial charge in [-0.05, 0) is 44.4 Å². The summed E-state index contributed by atoms with van der Waals surface area (Å²) < 4.78 is 7.19. The summed E-state index contributed by atoms with van der Waals surface area (Å²) >= 11 is 0. The van der Waals surface area contributed by atoms with Crippen LogP contribution in [0.1, 0.15) is 16.1 Å². The minimum atomic E-state index is 0.0519. The number of hydrogen-bond acceptors (Lipinski definition) is 4. The molecule has 1 amide bonds. The van der Waals surface area contributed by atoms with E-state index in [0.717, 1.165) is 31.1 Å². The number of rotatable bonds is 4. The van der Waals surface area contributed by atoms with Gasteiger partial charge >= 0.3 is 0 Å². The summed E-state index contributed by atoms with van der Waals surface area (Å²) in [4.78, 5) is 17.0. The van der Waals surface area contributed by atoms with Crippen molar-refractivity contribution in [1.82, 2.24) is 19.6 Å². The first kappa shape index (κ1) is 16.5. The molecule has 1 aliphatic heterocycles. The number of methoxy groups -OCH3 is 1. The van der Waals surface area contributed by atoms with E-state index in [9.17, 15) is 4.79 Å². The molecule has 2 aromatic rings. The first-order chi connectivity index (χ1) is 11.6. The SMILES string of the molecule is COc1ccc(C(=O)N2Cc3ccnn3CC(CN(C)C)C2)cc1. The standard InChI is InChI=1S/C18H24N4O2/c1-20(2)10-14-11-21(13-16-8-9-19-22(16)12-14)18(23)15-4-6-17(24-3)7-5-15/h4-9,14H,10-13H2,1-3H3. The lowest BCUT2D eigenvalue weighted by Crippen LogP contribution is -2.37. The van der Waals surface area contributed by atoms with Gasteiger partial charge < -0.3 is 14.5 Å². The molecule has 1 aromatic carbocycles. The van der Waals surface area contributed by atoms with Crippen molar-refractivity contribution >= 4 is 5.91 Å². The van der Waals surface area contributed by atoms with Crippen LogP contribution in [0.3, 0.4) is 0 Å². The molecule has 0 fully saturated rings. The zero-order valence-corrected chi connectivity index (χ0v) is 14.5. The van der Waals surface area contributed by atoms with E-state index in [1.54, 1.807) is 7.11 Å². The van der Waals surface area contributed by atoms with E-state index in [4.69, 9.17) is 4.74 Å². The van der Waals surface area contributed by atoms with Gasteiger partial charge in [-0.15, -0.1) is 0 Å². The van der Waals surface area contributed by atoms with E-state index in [0.29, 0.717) is 18.0 Å². The lowest BCUT2D eigenvalue weighted by molar-refractivity contribution is 0.0711. The molecule has 0 radical (unpaired) electrons. The molecule has 0 saturated carbocycles. The summed E-state index contributed by atoms with van der Waals surface area (Å²) in [6, 6.07) is 9.29. The summed E-state index contributed by atoms with van der Waals surface area (Å²) in [6.07, 6.45) is 1.81. The summed E-state index contributed by atoms with van der Waals surface area (Å²) in [5, 5.41) is 4.41. The van der Waals surface area contributed by atoms with Crippen molar-refractivity contribution in [2.45, 2.75) is 13.1 Å². The lowest BCUT2D eigenvalue weighted by Gasteiger charge is -2.26. The Morgan fingerprint density at radius 3 is 2.67 bits per heavy atom. The summed E-state index contributed by atoms with van der Waals surface area (Å²) in [6.45, 7) is 3.08. The second kappa shape index (κ2) is 7.05. The Bertz CT molecular complexity index is 693. The average molecular weight is 328 g/mol. The first-order valence-corrected chi connectivity index (χ1v) is 8.15. The monoisotopic (exact) mass is 328 g/mol. The van der Waals surface area contributed by atoms with Crippen LogP contribution in [-0.4, -0.2) is 59.8 Å². The van der Waals surface area contributed by atoms with Crippen molar-refractivity contribution in [3.63, 3.8) is 0 Å². The highest BCUT2D eigenvalue weighted by atomic mass is 16.5. The third-order valence-electron chi connectivity index (χ3n) is 4.31. The Morgan fingerprint density at radius 1 is 1.25 bits per heavy atom. The van der Waals surface area contributed by atoms with Gasteiger partial charge in [-0.1, -0.05) is 0 Å². The third kappa shape index (κ3) is 3.59. The molecule has 0 bridgehead atoms. The number of carbonyl (C=O) groups is 1. The van der Waals surface area contributed by atoms with Gasteiger partial charge in [-0.2, -0.15) is 5.10 Å². The number of amides is 1. The second-order valence-electron chi connectivity index (χ2n) is 6.55. The Kier molecular flexibility index (Phi) is 4.85. The van der Waals surface area contributed by atoms with E-state index >= 15 is 0 Å². The molecule has 6 nitrogen and oxygen atoms in total. The molecule has 0 aliphatic carbocycles. The predicted molar refractivity (Wildman–Crippen MR) is 92.0 cm³/mol. The van der Waals surface area contributed by atoms with Crippen LogP contribution >= 0.6 is 0 Å². The fraction of sp³-hybridized carbons (Fsp3) is 0.444. The van der Waals surface area contributed by atoms with E-state index in [1.165, 1.54) is 0 Å². The molecule has 1 aromatic heterocycles. The molecule has 6 heteroatoms. The highest BCUT2D eigenvalue weighted by molar-refractivity contribution is 5.94. The molecule has 1 aliphatic rings. The van der Waals surface area contributed by atoms with Crippen LogP contribution in [0.4, 0.5) is 0 Å². The fourth-order valence-electron chi connectivity index (χ4n) is 3.24. The zero-order chi connectivity index (χ0) is 17.1. The van der Waals surface area contributed by atoms with Gasteiger partial charge in [0.15, 0.2) is 0 Å². The van der Waals surface area contributed by atoms with Crippen molar-refractivity contribution in [1.29, 1.82) is 0 Å². The third-order valence-corrected chi connectivity index (χ3v) is 4.31. The summed E-state index contributed by atoms with van der Waals surface area (Å²) in [5.41, 5.74) is 1.77. The van der Waals surface area contributed by atoms with Crippen LogP contribution in [0.2, 0.25) is 0 Å². The van der Waals surface area contributed by atoms with Crippen LogP contribution in [0.15, 0.2) is 36.5 Å². The maximum Gasteiger partial charge on any atom is 0.254 e. The number of benzene rings is 1. The highest BCUT2D eigenvalue weighted by Crippen LogP contribution is 2.20. The highest BCUT2D eigenvalue weighted by Gasteiger charge is 2.26. The second-order valence-corrected chi connectivity index (χ2v) is 6.55. The Balaban J connectivity index is 1.83. The Morgan fingerprint density at radius 2 is 2.00 bits per heavy atom. The Hall–Kier alpha value is -2.34. The van der Waals surface area contributed by atoms with Gasteiger partial charge in [0.25, 0.3) is 5.91 Å². The van der Waals surface area contributed by atoms with Crippen molar-refractivity contribution in [3.05, 3.63) is 47.8 Å². The molecule has 1 atom stereocenters. The van der Waals surface area contributed by atoms with E-state index < -0.39 is 0 Å². The van der Waals surface area contributed by atoms with E-state index in [2.05, 4.69) is 24.1 Å². The Labute approximate surface area is 142 Å². The summed E-state index contributed by atoms with van der Waals surface area (Å²) in [5.74, 6) is 1.16. The molecule has 3 rings (SSSR count). The van der Waals surface area contributed by atoms with Crippen LogP contribution in [0.25, 0.3) is 0 Å². The van der Waals surface area contributed by atoms with Gasteiger partial charge in [0.1, 0.15) is 5.75 Å². The number of ether oxygens (including phenoxy) is 1. The minimum absolute atomic E-state index is 0.0519. The molecule has 0 saturated heterocycles. The van der Waals surface area contributed by atoms with Crippen LogP contribution in [-0.2, 0) is 13.1 Å². The molecular weight excluding hydrogens is 304 g/mol.